The van der Waals surface area contributed by atoms with Crippen LogP contribution in [0.4, 0.5) is 0 Å². The molecule has 1 saturated carbocycles. The number of aliphatic hydroxyl groups excluding tert-OH is 1. The van der Waals surface area contributed by atoms with E-state index in [0.29, 0.717) is 12.0 Å². The Morgan fingerprint density at radius 2 is 2.00 bits per heavy atom. The van der Waals surface area contributed by atoms with Crippen molar-refractivity contribution in [2.24, 2.45) is 16.6 Å². The first-order valence-electron chi connectivity index (χ1n) is 5.95. The van der Waals surface area contributed by atoms with Crippen LogP contribution in [0.2, 0.25) is 0 Å². The lowest BCUT2D eigenvalue weighted by Gasteiger charge is -2.18. The molecule has 2 nitrogen and oxygen atoms in total. The van der Waals surface area contributed by atoms with E-state index in [9.17, 15) is 5.11 Å². The minimum absolute atomic E-state index is 0.0687. The zero-order chi connectivity index (χ0) is 10.7. The zero-order valence-electron chi connectivity index (χ0n) is 9.68. The molecule has 2 atom stereocenters. The molecule has 14 heavy (non-hydrogen) atoms. The Kier molecular flexibility index (Phi) is 3.96. The fourth-order valence-corrected chi connectivity index (χ4v) is 2.63. The van der Waals surface area contributed by atoms with Crippen molar-refractivity contribution >= 4 is 0 Å². The number of hydrogen-bond acceptors (Lipinski definition) is 2. The number of rotatable bonds is 7. The summed E-state index contributed by atoms with van der Waals surface area (Å²) in [5.41, 5.74) is 6.13. The number of unbranched alkanes of at least 4 members (excludes halogenated alkanes) is 3. The van der Waals surface area contributed by atoms with Gasteiger partial charge < -0.3 is 10.8 Å². The van der Waals surface area contributed by atoms with Crippen molar-refractivity contribution in [3.8, 4) is 0 Å². The summed E-state index contributed by atoms with van der Waals surface area (Å²) in [6.45, 7) is 5.43. The van der Waals surface area contributed by atoms with Gasteiger partial charge in [0.05, 0.1) is 6.61 Å². The van der Waals surface area contributed by atoms with Gasteiger partial charge in [-0.2, -0.15) is 0 Å². The molecule has 0 aromatic heterocycles. The summed E-state index contributed by atoms with van der Waals surface area (Å²) < 4.78 is 0. The van der Waals surface area contributed by atoms with Crippen LogP contribution in [-0.4, -0.2) is 18.3 Å². The second kappa shape index (κ2) is 4.63. The van der Waals surface area contributed by atoms with Gasteiger partial charge in [0.1, 0.15) is 0 Å². The largest absolute Gasteiger partial charge is 0.396 e. The van der Waals surface area contributed by atoms with E-state index in [1.807, 2.05) is 0 Å². The quantitative estimate of drug-likeness (QED) is 0.618. The Hall–Kier alpha value is -0.0800. The maximum absolute atomic E-state index is 9.31. The van der Waals surface area contributed by atoms with Crippen molar-refractivity contribution in [2.45, 2.75) is 52.4 Å². The average Bonchev–Trinajstić information content (AvgIpc) is 2.80. The van der Waals surface area contributed by atoms with Gasteiger partial charge in [-0.25, -0.2) is 0 Å². The molecule has 0 amide bonds. The van der Waals surface area contributed by atoms with E-state index >= 15 is 0 Å². The van der Waals surface area contributed by atoms with Gasteiger partial charge in [0.25, 0.3) is 0 Å². The Bertz CT molecular complexity index is 177. The van der Waals surface area contributed by atoms with Crippen LogP contribution in [0.3, 0.4) is 0 Å². The highest BCUT2D eigenvalue weighted by molar-refractivity contribution is 5.12. The molecule has 0 bridgehead atoms. The van der Waals surface area contributed by atoms with Crippen molar-refractivity contribution in [3.05, 3.63) is 0 Å². The maximum Gasteiger partial charge on any atom is 0.0504 e. The molecule has 84 valence electrons. The van der Waals surface area contributed by atoms with Gasteiger partial charge in [-0.1, -0.05) is 39.5 Å². The van der Waals surface area contributed by atoms with E-state index in [2.05, 4.69) is 13.8 Å². The Labute approximate surface area is 87.9 Å². The van der Waals surface area contributed by atoms with Crippen molar-refractivity contribution < 1.29 is 5.11 Å². The number of hydrogen-bond donors (Lipinski definition) is 2. The molecule has 1 rings (SSSR count). The van der Waals surface area contributed by atoms with Crippen molar-refractivity contribution in [2.75, 3.05) is 13.2 Å². The van der Waals surface area contributed by atoms with Gasteiger partial charge in [0.2, 0.25) is 0 Å². The SMILES string of the molecule is CCCCCCC1(C)CC1(CN)CO. The Balaban J connectivity index is 2.25. The van der Waals surface area contributed by atoms with Crippen LogP contribution in [-0.2, 0) is 0 Å². The number of nitrogens with two attached hydrogens (primary N) is 1. The van der Waals surface area contributed by atoms with Crippen LogP contribution in [0.25, 0.3) is 0 Å². The van der Waals surface area contributed by atoms with Crippen LogP contribution in [0.15, 0.2) is 0 Å². The smallest absolute Gasteiger partial charge is 0.0504 e. The lowest BCUT2D eigenvalue weighted by Crippen LogP contribution is -2.25. The van der Waals surface area contributed by atoms with Gasteiger partial charge >= 0.3 is 0 Å². The van der Waals surface area contributed by atoms with E-state index in [-0.39, 0.29) is 12.0 Å². The fraction of sp³-hybridized carbons (Fsp3) is 1.00. The molecule has 0 aliphatic heterocycles. The molecule has 0 saturated heterocycles. The summed E-state index contributed by atoms with van der Waals surface area (Å²) in [5, 5.41) is 9.31. The van der Waals surface area contributed by atoms with Crippen LogP contribution in [0.1, 0.15) is 52.4 Å². The predicted molar refractivity (Wildman–Crippen MR) is 60.1 cm³/mol. The van der Waals surface area contributed by atoms with Crippen molar-refractivity contribution in [1.82, 2.24) is 0 Å². The van der Waals surface area contributed by atoms with E-state index in [4.69, 9.17) is 5.73 Å². The number of aliphatic hydroxyl groups is 1. The van der Waals surface area contributed by atoms with Gasteiger partial charge in [-0.3, -0.25) is 0 Å². The van der Waals surface area contributed by atoms with Gasteiger partial charge in [0.15, 0.2) is 0 Å². The third-order valence-electron chi connectivity index (χ3n) is 4.16. The zero-order valence-corrected chi connectivity index (χ0v) is 9.68. The van der Waals surface area contributed by atoms with Crippen molar-refractivity contribution in [3.63, 3.8) is 0 Å². The summed E-state index contributed by atoms with van der Waals surface area (Å²) in [5.74, 6) is 0. The second-order valence-electron chi connectivity index (χ2n) is 5.19. The summed E-state index contributed by atoms with van der Waals surface area (Å²) in [7, 11) is 0. The van der Waals surface area contributed by atoms with Crippen LogP contribution in [0, 0.1) is 10.8 Å². The lowest BCUT2D eigenvalue weighted by molar-refractivity contribution is 0.175. The topological polar surface area (TPSA) is 46.2 Å². The molecule has 0 aromatic carbocycles. The second-order valence-corrected chi connectivity index (χ2v) is 5.19. The summed E-state index contributed by atoms with van der Waals surface area (Å²) in [4.78, 5) is 0. The molecule has 1 aliphatic carbocycles. The Morgan fingerprint density at radius 1 is 1.29 bits per heavy atom. The van der Waals surface area contributed by atoms with Gasteiger partial charge in [-0.15, -0.1) is 0 Å². The molecule has 0 spiro atoms. The summed E-state index contributed by atoms with van der Waals surface area (Å²) >= 11 is 0. The van der Waals surface area contributed by atoms with Crippen molar-refractivity contribution in [1.29, 1.82) is 0 Å². The predicted octanol–water partition coefficient (Wildman–Crippen LogP) is 2.30. The van der Waals surface area contributed by atoms with E-state index < -0.39 is 0 Å². The highest BCUT2D eigenvalue weighted by atomic mass is 16.3. The molecular formula is C12H25NO. The first-order chi connectivity index (χ1) is 6.64. The molecule has 3 N–H and O–H groups in total. The van der Waals surface area contributed by atoms with E-state index in [1.54, 1.807) is 0 Å². The first-order valence-corrected chi connectivity index (χ1v) is 5.95. The van der Waals surface area contributed by atoms with Crippen LogP contribution in [0.5, 0.6) is 0 Å². The standard InChI is InChI=1S/C12H25NO/c1-3-4-5-6-7-11(2)8-12(11,9-13)10-14/h14H,3-10,13H2,1-2H3. The van der Waals surface area contributed by atoms with Crippen LogP contribution >= 0.6 is 0 Å². The highest BCUT2D eigenvalue weighted by Gasteiger charge is 2.61. The fourth-order valence-electron chi connectivity index (χ4n) is 2.63. The summed E-state index contributed by atoms with van der Waals surface area (Å²) in [6, 6.07) is 0. The van der Waals surface area contributed by atoms with E-state index in [1.165, 1.54) is 32.1 Å². The molecule has 1 fully saturated rings. The van der Waals surface area contributed by atoms with Crippen LogP contribution < -0.4 is 5.73 Å². The van der Waals surface area contributed by atoms with Gasteiger partial charge in [0, 0.05) is 12.0 Å². The third kappa shape index (κ3) is 2.12. The monoisotopic (exact) mass is 199 g/mol. The molecule has 0 radical (unpaired) electrons. The molecule has 0 heterocycles. The lowest BCUT2D eigenvalue weighted by atomic mass is 9.90. The average molecular weight is 199 g/mol. The minimum atomic E-state index is 0.0687. The summed E-state index contributed by atoms with van der Waals surface area (Å²) in [6.07, 6.45) is 7.62. The molecule has 0 aromatic rings. The molecule has 1 aliphatic rings. The molecule has 2 unspecified atom stereocenters. The Morgan fingerprint density at radius 3 is 2.43 bits per heavy atom. The third-order valence-corrected chi connectivity index (χ3v) is 4.16. The minimum Gasteiger partial charge on any atom is -0.396 e. The highest BCUT2D eigenvalue weighted by Crippen LogP contribution is 2.65. The maximum atomic E-state index is 9.31. The first kappa shape index (κ1) is 12.0. The van der Waals surface area contributed by atoms with E-state index in [0.717, 1.165) is 6.42 Å². The normalized spacial score (nSPS) is 36.0. The molecule has 2 heteroatoms. The molecular weight excluding hydrogens is 174 g/mol. The van der Waals surface area contributed by atoms with Gasteiger partial charge in [-0.05, 0) is 18.3 Å².